The van der Waals surface area contributed by atoms with E-state index in [4.69, 9.17) is 16.0 Å². The quantitative estimate of drug-likeness (QED) is 0.478. The second kappa shape index (κ2) is 8.26. The summed E-state index contributed by atoms with van der Waals surface area (Å²) in [5, 5.41) is 5.72. The van der Waals surface area contributed by atoms with Gasteiger partial charge in [-0.3, -0.25) is 9.59 Å². The Morgan fingerprint density at radius 2 is 1.77 bits per heavy atom. The van der Waals surface area contributed by atoms with E-state index in [2.05, 4.69) is 10.6 Å². The van der Waals surface area contributed by atoms with E-state index in [1.807, 2.05) is 18.2 Å². The average Bonchev–Trinajstić information content (AvgIpc) is 3.30. The molecule has 8 heteroatoms. The number of hydrogen-bond donors (Lipinski definition) is 2. The van der Waals surface area contributed by atoms with Crippen LogP contribution in [0.1, 0.15) is 5.76 Å². The van der Waals surface area contributed by atoms with E-state index in [0.29, 0.717) is 22.2 Å². The van der Waals surface area contributed by atoms with E-state index in [1.54, 1.807) is 48.5 Å². The number of anilines is 1. The molecule has 4 amide bonds. The predicted molar refractivity (Wildman–Crippen MR) is 112 cm³/mol. The van der Waals surface area contributed by atoms with Crippen molar-refractivity contribution in [3.63, 3.8) is 0 Å². The number of urea groups is 1. The first-order valence-corrected chi connectivity index (χ1v) is 9.42. The van der Waals surface area contributed by atoms with Gasteiger partial charge in [0.2, 0.25) is 5.91 Å². The highest BCUT2D eigenvalue weighted by Crippen LogP contribution is 2.25. The van der Waals surface area contributed by atoms with Gasteiger partial charge in [-0.25, -0.2) is 9.69 Å². The summed E-state index contributed by atoms with van der Waals surface area (Å²) in [6.07, 6.45) is 1.43. The lowest BCUT2D eigenvalue weighted by Crippen LogP contribution is -2.38. The predicted octanol–water partition coefficient (Wildman–Crippen LogP) is 4.13. The monoisotopic (exact) mass is 421 g/mol. The van der Waals surface area contributed by atoms with E-state index in [1.165, 1.54) is 6.08 Å². The van der Waals surface area contributed by atoms with Crippen LogP contribution in [0.15, 0.2) is 76.8 Å². The number of rotatable bonds is 5. The lowest BCUT2D eigenvalue weighted by Gasteiger charge is -2.11. The van der Waals surface area contributed by atoms with Crippen molar-refractivity contribution in [2.45, 2.75) is 0 Å². The third-order valence-corrected chi connectivity index (χ3v) is 4.62. The molecule has 4 rings (SSSR count). The molecule has 1 fully saturated rings. The van der Waals surface area contributed by atoms with Gasteiger partial charge >= 0.3 is 6.03 Å². The number of nitrogens with one attached hydrogen (secondary N) is 2. The molecule has 30 heavy (non-hydrogen) atoms. The van der Waals surface area contributed by atoms with E-state index in [9.17, 15) is 14.4 Å². The number of hydrogen-bond acceptors (Lipinski definition) is 4. The Kier molecular flexibility index (Phi) is 5.36. The highest BCUT2D eigenvalue weighted by Gasteiger charge is 2.35. The third kappa shape index (κ3) is 4.26. The fraction of sp³-hybridized carbons (Fsp3) is 0.0455. The molecule has 2 N–H and O–H groups in total. The van der Waals surface area contributed by atoms with Crippen molar-refractivity contribution in [3.05, 3.63) is 83.2 Å². The van der Waals surface area contributed by atoms with Gasteiger partial charge in [0.05, 0.1) is 0 Å². The number of nitrogens with zero attached hydrogens (tertiary/aromatic N) is 1. The molecule has 0 radical (unpaired) electrons. The molecule has 0 bridgehead atoms. The fourth-order valence-corrected chi connectivity index (χ4v) is 3.05. The Labute approximate surface area is 176 Å². The Bertz CT molecular complexity index is 1140. The van der Waals surface area contributed by atoms with Gasteiger partial charge in [-0.05, 0) is 48.5 Å². The Morgan fingerprint density at radius 1 is 1.03 bits per heavy atom. The van der Waals surface area contributed by atoms with Crippen LogP contribution in [0.5, 0.6) is 0 Å². The summed E-state index contributed by atoms with van der Waals surface area (Å²) in [4.78, 5) is 37.7. The molecule has 0 spiro atoms. The van der Waals surface area contributed by atoms with Crippen LogP contribution >= 0.6 is 11.6 Å². The van der Waals surface area contributed by atoms with Crippen molar-refractivity contribution in [3.8, 4) is 11.3 Å². The van der Waals surface area contributed by atoms with Crippen LogP contribution in [0, 0.1) is 0 Å². The zero-order chi connectivity index (χ0) is 21.1. The smallest absolute Gasteiger partial charge is 0.329 e. The molecule has 7 nitrogen and oxygen atoms in total. The Hall–Kier alpha value is -3.84. The summed E-state index contributed by atoms with van der Waals surface area (Å²) in [5.41, 5.74) is 1.44. The Balaban J connectivity index is 1.45. The maximum Gasteiger partial charge on any atom is 0.329 e. The van der Waals surface area contributed by atoms with Crippen LogP contribution in [-0.2, 0) is 9.59 Å². The number of amides is 4. The molecule has 1 saturated heterocycles. The van der Waals surface area contributed by atoms with Gasteiger partial charge in [0.1, 0.15) is 23.8 Å². The highest BCUT2D eigenvalue weighted by atomic mass is 35.5. The second-order valence-corrected chi connectivity index (χ2v) is 6.94. The standard InChI is InChI=1S/C22H16ClN3O4/c23-15-8-6-14(7-9-15)19-11-10-17(30-19)12-18-21(28)26(22(29)25-18)13-20(27)24-16-4-2-1-3-5-16/h1-12H,13H2,(H,24,27)(H,25,29). The van der Waals surface area contributed by atoms with E-state index < -0.39 is 24.4 Å². The number of carbonyl (C=O) groups is 3. The molecule has 0 saturated carbocycles. The van der Waals surface area contributed by atoms with Crippen LogP contribution in [0.4, 0.5) is 10.5 Å². The minimum Gasteiger partial charge on any atom is -0.457 e. The van der Waals surface area contributed by atoms with Crippen molar-refractivity contribution < 1.29 is 18.8 Å². The molecule has 2 aromatic carbocycles. The second-order valence-electron chi connectivity index (χ2n) is 6.50. The first kappa shape index (κ1) is 19.5. The third-order valence-electron chi connectivity index (χ3n) is 4.36. The van der Waals surface area contributed by atoms with Gasteiger partial charge in [0.15, 0.2) is 0 Å². The van der Waals surface area contributed by atoms with Gasteiger partial charge in [0.25, 0.3) is 5.91 Å². The van der Waals surface area contributed by atoms with Crippen molar-refractivity contribution in [2.24, 2.45) is 0 Å². The van der Waals surface area contributed by atoms with Crippen molar-refractivity contribution in [1.82, 2.24) is 10.2 Å². The molecule has 150 valence electrons. The molecule has 1 aliphatic heterocycles. The molecule has 0 aliphatic carbocycles. The number of carbonyl (C=O) groups excluding carboxylic acids is 3. The van der Waals surface area contributed by atoms with Crippen molar-refractivity contribution in [2.75, 3.05) is 11.9 Å². The van der Waals surface area contributed by atoms with Crippen molar-refractivity contribution in [1.29, 1.82) is 0 Å². The summed E-state index contributed by atoms with van der Waals surface area (Å²) in [5.74, 6) is -0.102. The topological polar surface area (TPSA) is 91.7 Å². The number of halogens is 1. The van der Waals surface area contributed by atoms with Crippen LogP contribution in [-0.4, -0.2) is 29.3 Å². The van der Waals surface area contributed by atoms with E-state index >= 15 is 0 Å². The van der Waals surface area contributed by atoms with Crippen LogP contribution < -0.4 is 10.6 Å². The van der Waals surface area contributed by atoms with Crippen LogP contribution in [0.3, 0.4) is 0 Å². The first-order valence-electron chi connectivity index (χ1n) is 9.05. The largest absolute Gasteiger partial charge is 0.457 e. The minimum atomic E-state index is -0.668. The first-order chi connectivity index (χ1) is 14.5. The molecule has 3 aromatic rings. The summed E-state index contributed by atoms with van der Waals surface area (Å²) >= 11 is 5.89. The number of para-hydroxylation sites is 1. The highest BCUT2D eigenvalue weighted by molar-refractivity contribution is 6.30. The zero-order valence-electron chi connectivity index (χ0n) is 15.6. The zero-order valence-corrected chi connectivity index (χ0v) is 16.3. The minimum absolute atomic E-state index is 0.0320. The van der Waals surface area contributed by atoms with E-state index in [-0.39, 0.29) is 5.70 Å². The summed E-state index contributed by atoms with van der Waals surface area (Å²) < 4.78 is 5.73. The molecule has 0 unspecified atom stereocenters. The van der Waals surface area contributed by atoms with Gasteiger partial charge in [-0.1, -0.05) is 29.8 Å². The van der Waals surface area contributed by atoms with Crippen LogP contribution in [0.2, 0.25) is 5.02 Å². The lowest BCUT2D eigenvalue weighted by atomic mass is 10.2. The van der Waals surface area contributed by atoms with Crippen molar-refractivity contribution >= 4 is 41.2 Å². The van der Waals surface area contributed by atoms with Gasteiger partial charge in [-0.2, -0.15) is 0 Å². The maximum atomic E-state index is 12.6. The van der Waals surface area contributed by atoms with E-state index in [0.717, 1.165) is 10.5 Å². The molecule has 1 aromatic heterocycles. The van der Waals surface area contributed by atoms with Gasteiger partial charge < -0.3 is 15.1 Å². The molecule has 2 heterocycles. The molecular weight excluding hydrogens is 406 g/mol. The van der Waals surface area contributed by atoms with Gasteiger partial charge in [-0.15, -0.1) is 0 Å². The number of benzene rings is 2. The molecular formula is C22H16ClN3O4. The normalized spacial score (nSPS) is 14.8. The average molecular weight is 422 g/mol. The van der Waals surface area contributed by atoms with Crippen LogP contribution in [0.25, 0.3) is 17.4 Å². The molecule has 1 aliphatic rings. The fourth-order valence-electron chi connectivity index (χ4n) is 2.92. The Morgan fingerprint density at radius 3 is 2.50 bits per heavy atom. The van der Waals surface area contributed by atoms with Gasteiger partial charge in [0, 0.05) is 22.3 Å². The summed E-state index contributed by atoms with van der Waals surface area (Å²) in [7, 11) is 0. The summed E-state index contributed by atoms with van der Waals surface area (Å²) in [6.45, 7) is -0.398. The number of imide groups is 1. The maximum absolute atomic E-state index is 12.6. The number of furan rings is 1. The summed E-state index contributed by atoms with van der Waals surface area (Å²) in [6, 6.07) is 18.7. The lowest BCUT2D eigenvalue weighted by molar-refractivity contribution is -0.127. The molecule has 0 atom stereocenters. The SMILES string of the molecule is O=C(CN1C(=O)NC(=Cc2ccc(-c3ccc(Cl)cc3)o2)C1=O)Nc1ccccc1.